The minimum atomic E-state index is -2.69. The number of rotatable bonds is 4. The van der Waals surface area contributed by atoms with Crippen molar-refractivity contribution in [2.24, 2.45) is 0 Å². The van der Waals surface area contributed by atoms with E-state index >= 15 is 0 Å². The molecule has 0 aliphatic rings. The average Bonchev–Trinajstić information content (AvgIpc) is 2.28. The predicted octanol–water partition coefficient (Wildman–Crippen LogP) is 3.85. The molecule has 0 N–H and O–H groups in total. The van der Waals surface area contributed by atoms with Crippen LogP contribution in [0.25, 0.3) is 0 Å². The number of esters is 1. The number of carbonyl (C=O) groups is 1. The quantitative estimate of drug-likeness (QED) is 0.595. The fraction of sp³-hybridized carbons (Fsp3) is 0.400. The molecular formula is C10H9Br2F2NO2. The van der Waals surface area contributed by atoms with Crippen LogP contribution in [0, 0.1) is 0 Å². The van der Waals surface area contributed by atoms with E-state index in [4.69, 9.17) is 4.74 Å². The molecule has 0 aliphatic heterocycles. The molecule has 1 heterocycles. The second kappa shape index (κ2) is 6.39. The number of pyridine rings is 1. The van der Waals surface area contributed by atoms with Crippen LogP contribution in [0.4, 0.5) is 8.78 Å². The summed E-state index contributed by atoms with van der Waals surface area (Å²) >= 11 is 6.22. The van der Waals surface area contributed by atoms with E-state index in [1.165, 1.54) is 0 Å². The number of nitrogens with zero attached hydrogens (tertiary/aromatic N) is 1. The van der Waals surface area contributed by atoms with Crippen LogP contribution in [0.5, 0.6) is 0 Å². The third-order valence-corrected chi connectivity index (χ3v) is 3.45. The fourth-order valence-electron chi connectivity index (χ4n) is 1.21. The minimum absolute atomic E-state index is 0.144. The largest absolute Gasteiger partial charge is 0.462 e. The minimum Gasteiger partial charge on any atom is -0.462 e. The number of aromatic nitrogens is 1. The van der Waals surface area contributed by atoms with Crippen LogP contribution < -0.4 is 0 Å². The SMILES string of the molecule is CCOC(=O)c1cnc(C(F)F)c(CBr)c1Br. The maximum atomic E-state index is 12.7. The van der Waals surface area contributed by atoms with Crippen molar-refractivity contribution in [3.05, 3.63) is 27.5 Å². The molecule has 0 unspecified atom stereocenters. The van der Waals surface area contributed by atoms with Crippen LogP contribution in [0.2, 0.25) is 0 Å². The second-order valence-electron chi connectivity index (χ2n) is 3.00. The van der Waals surface area contributed by atoms with Crippen molar-refractivity contribution in [3.63, 3.8) is 0 Å². The third kappa shape index (κ3) is 3.22. The molecule has 94 valence electrons. The Labute approximate surface area is 114 Å². The van der Waals surface area contributed by atoms with Gasteiger partial charge in [0.15, 0.2) is 0 Å². The van der Waals surface area contributed by atoms with Crippen LogP contribution >= 0.6 is 31.9 Å². The van der Waals surface area contributed by atoms with Gasteiger partial charge in [-0.3, -0.25) is 4.98 Å². The lowest BCUT2D eigenvalue weighted by atomic mass is 10.1. The van der Waals surface area contributed by atoms with Crippen LogP contribution in [0.3, 0.4) is 0 Å². The Kier molecular flexibility index (Phi) is 5.45. The van der Waals surface area contributed by atoms with Gasteiger partial charge in [0.25, 0.3) is 6.43 Å². The topological polar surface area (TPSA) is 39.2 Å². The van der Waals surface area contributed by atoms with Crippen molar-refractivity contribution in [1.82, 2.24) is 4.98 Å². The van der Waals surface area contributed by atoms with Gasteiger partial charge >= 0.3 is 5.97 Å². The Hall–Kier alpha value is -0.560. The van der Waals surface area contributed by atoms with E-state index < -0.39 is 12.4 Å². The predicted molar refractivity (Wildman–Crippen MR) is 65.5 cm³/mol. The molecule has 7 heteroatoms. The van der Waals surface area contributed by atoms with Crippen molar-refractivity contribution < 1.29 is 18.3 Å². The zero-order valence-corrected chi connectivity index (χ0v) is 12.0. The van der Waals surface area contributed by atoms with E-state index in [9.17, 15) is 13.6 Å². The molecule has 0 saturated carbocycles. The summed E-state index contributed by atoms with van der Waals surface area (Å²) in [7, 11) is 0. The molecule has 1 aromatic rings. The zero-order valence-electron chi connectivity index (χ0n) is 8.84. The molecule has 0 radical (unpaired) electrons. The van der Waals surface area contributed by atoms with E-state index in [0.717, 1.165) is 6.20 Å². The normalized spacial score (nSPS) is 10.7. The second-order valence-corrected chi connectivity index (χ2v) is 4.36. The van der Waals surface area contributed by atoms with E-state index in [0.29, 0.717) is 0 Å². The lowest BCUT2D eigenvalue weighted by molar-refractivity contribution is 0.0524. The smallest absolute Gasteiger partial charge is 0.340 e. The van der Waals surface area contributed by atoms with E-state index in [-0.39, 0.29) is 33.2 Å². The molecule has 0 aromatic carbocycles. The Balaban J connectivity index is 3.24. The molecule has 0 saturated heterocycles. The van der Waals surface area contributed by atoms with E-state index in [2.05, 4.69) is 36.8 Å². The Morgan fingerprint density at radius 2 is 2.24 bits per heavy atom. The van der Waals surface area contributed by atoms with Crippen LogP contribution in [0.1, 0.15) is 35.0 Å². The van der Waals surface area contributed by atoms with Crippen LogP contribution in [0.15, 0.2) is 10.7 Å². The maximum absolute atomic E-state index is 12.7. The first-order chi connectivity index (χ1) is 8.02. The van der Waals surface area contributed by atoms with Crippen molar-refractivity contribution in [2.75, 3.05) is 6.61 Å². The Morgan fingerprint density at radius 1 is 1.59 bits per heavy atom. The molecule has 0 aliphatic carbocycles. The standard InChI is InChI=1S/C10H9Br2F2NO2/c1-2-17-10(16)6-4-15-8(9(13)14)5(3-11)7(6)12/h4,9H,2-3H2,1H3. The first kappa shape index (κ1) is 14.5. The summed E-state index contributed by atoms with van der Waals surface area (Å²) < 4.78 is 30.4. The monoisotopic (exact) mass is 371 g/mol. The van der Waals surface area contributed by atoms with E-state index in [1.54, 1.807) is 6.92 Å². The average molecular weight is 373 g/mol. The third-order valence-electron chi connectivity index (χ3n) is 1.98. The van der Waals surface area contributed by atoms with Gasteiger partial charge in [-0.05, 0) is 22.9 Å². The van der Waals surface area contributed by atoms with Gasteiger partial charge in [-0.15, -0.1) is 0 Å². The Morgan fingerprint density at radius 3 is 2.71 bits per heavy atom. The zero-order chi connectivity index (χ0) is 13.0. The van der Waals surface area contributed by atoms with Crippen molar-refractivity contribution >= 4 is 37.8 Å². The highest BCUT2D eigenvalue weighted by molar-refractivity contribution is 9.10. The van der Waals surface area contributed by atoms with Gasteiger partial charge in [0.1, 0.15) is 5.69 Å². The molecule has 0 amide bonds. The van der Waals surface area contributed by atoms with Gasteiger partial charge in [0.05, 0.1) is 12.2 Å². The Bertz CT molecular complexity index is 427. The summed E-state index contributed by atoms with van der Waals surface area (Å²) in [6.45, 7) is 1.88. The molecular weight excluding hydrogens is 364 g/mol. The fourth-order valence-corrected chi connectivity index (χ4v) is 2.76. The maximum Gasteiger partial charge on any atom is 0.340 e. The van der Waals surface area contributed by atoms with Gasteiger partial charge in [-0.1, -0.05) is 15.9 Å². The van der Waals surface area contributed by atoms with Gasteiger partial charge in [-0.25, -0.2) is 13.6 Å². The first-order valence-corrected chi connectivity index (χ1v) is 6.62. The summed E-state index contributed by atoms with van der Waals surface area (Å²) in [6.07, 6.45) is -1.59. The number of halogens is 4. The summed E-state index contributed by atoms with van der Waals surface area (Å²) in [5, 5.41) is 0.174. The molecule has 3 nitrogen and oxygen atoms in total. The number of carbonyl (C=O) groups excluding carboxylic acids is 1. The highest BCUT2D eigenvalue weighted by atomic mass is 79.9. The van der Waals surface area contributed by atoms with Crippen molar-refractivity contribution in [1.29, 1.82) is 0 Å². The lowest BCUT2D eigenvalue weighted by Crippen LogP contribution is -2.09. The number of ether oxygens (including phenoxy) is 1. The summed E-state index contributed by atoms with van der Waals surface area (Å²) in [4.78, 5) is 15.1. The molecule has 1 aromatic heterocycles. The molecule has 17 heavy (non-hydrogen) atoms. The number of hydrogen-bond donors (Lipinski definition) is 0. The number of hydrogen-bond acceptors (Lipinski definition) is 3. The summed E-state index contributed by atoms with van der Waals surface area (Å²) in [5.41, 5.74) is 0.0538. The van der Waals surface area contributed by atoms with Gasteiger partial charge < -0.3 is 4.74 Å². The highest BCUT2D eigenvalue weighted by Gasteiger charge is 2.22. The van der Waals surface area contributed by atoms with Gasteiger partial charge in [0.2, 0.25) is 0 Å². The van der Waals surface area contributed by atoms with Gasteiger partial charge in [-0.2, -0.15) is 0 Å². The lowest BCUT2D eigenvalue weighted by Gasteiger charge is -2.11. The molecule has 0 fully saturated rings. The van der Waals surface area contributed by atoms with Crippen molar-refractivity contribution in [3.8, 4) is 0 Å². The van der Waals surface area contributed by atoms with Crippen LogP contribution in [-0.4, -0.2) is 17.6 Å². The molecule has 0 bridgehead atoms. The summed E-state index contributed by atoms with van der Waals surface area (Å²) in [6, 6.07) is 0. The summed E-state index contributed by atoms with van der Waals surface area (Å²) in [5.74, 6) is -0.588. The van der Waals surface area contributed by atoms with Gasteiger partial charge in [0, 0.05) is 21.6 Å². The molecule has 0 atom stereocenters. The van der Waals surface area contributed by atoms with Crippen LogP contribution in [-0.2, 0) is 10.1 Å². The van der Waals surface area contributed by atoms with E-state index in [1.807, 2.05) is 0 Å². The highest BCUT2D eigenvalue weighted by Crippen LogP contribution is 2.31. The molecule has 0 spiro atoms. The molecule has 1 rings (SSSR count). The number of alkyl halides is 3. The van der Waals surface area contributed by atoms with Crippen molar-refractivity contribution in [2.45, 2.75) is 18.7 Å². The first-order valence-electron chi connectivity index (χ1n) is 4.71.